The van der Waals surface area contributed by atoms with Crippen LogP contribution in [-0.4, -0.2) is 139 Å². The highest BCUT2D eigenvalue weighted by Gasteiger charge is 2.35. The predicted octanol–water partition coefficient (Wildman–Crippen LogP) is 4.28. The maximum absolute atomic E-state index is 14.5. The van der Waals surface area contributed by atoms with Crippen molar-refractivity contribution in [2.24, 2.45) is 5.92 Å². The first-order valence-electron chi connectivity index (χ1n) is 22.8. The summed E-state index contributed by atoms with van der Waals surface area (Å²) in [6.07, 6.45) is 5.49. The predicted molar refractivity (Wildman–Crippen MR) is 245 cm³/mol. The van der Waals surface area contributed by atoms with E-state index in [1.807, 2.05) is 45.0 Å². The van der Waals surface area contributed by atoms with Gasteiger partial charge in [-0.3, -0.25) is 23.7 Å². The van der Waals surface area contributed by atoms with E-state index in [9.17, 15) is 38.7 Å². The number of benzene rings is 2. The van der Waals surface area contributed by atoms with E-state index in [0.717, 1.165) is 31.4 Å². The van der Waals surface area contributed by atoms with Crippen molar-refractivity contribution < 1.29 is 48.1 Å². The van der Waals surface area contributed by atoms with Crippen LogP contribution in [0.2, 0.25) is 0 Å². The van der Waals surface area contributed by atoms with Crippen molar-refractivity contribution in [2.75, 3.05) is 58.4 Å². The van der Waals surface area contributed by atoms with Gasteiger partial charge >= 0.3 is 18.1 Å². The third-order valence-corrected chi connectivity index (χ3v) is 12.0. The van der Waals surface area contributed by atoms with Crippen LogP contribution in [0.25, 0.3) is 10.9 Å². The van der Waals surface area contributed by atoms with E-state index in [0.29, 0.717) is 74.3 Å². The van der Waals surface area contributed by atoms with Gasteiger partial charge in [-0.2, -0.15) is 0 Å². The van der Waals surface area contributed by atoms with Crippen molar-refractivity contribution in [1.29, 1.82) is 0 Å². The van der Waals surface area contributed by atoms with Crippen LogP contribution < -0.4 is 30.9 Å². The van der Waals surface area contributed by atoms with Crippen molar-refractivity contribution in [1.82, 2.24) is 35.6 Å². The number of carboxylic acid groups (broad SMARTS) is 1. The van der Waals surface area contributed by atoms with Gasteiger partial charge in [-0.05, 0) is 55.4 Å². The molecular weight excluding hydrogens is 837 g/mol. The molecule has 354 valence electrons. The number of carbonyl (C=O) groups is 7. The van der Waals surface area contributed by atoms with Crippen molar-refractivity contribution in [3.63, 3.8) is 0 Å². The largest absolute Gasteiger partial charge is 0.495 e. The van der Waals surface area contributed by atoms with Crippen LogP contribution >= 0.6 is 0 Å². The van der Waals surface area contributed by atoms with E-state index in [4.69, 9.17) is 9.47 Å². The minimum atomic E-state index is -1.59. The lowest BCUT2D eigenvalue weighted by Gasteiger charge is -2.37. The second-order valence-electron chi connectivity index (χ2n) is 17.2. The summed E-state index contributed by atoms with van der Waals surface area (Å²) in [5.41, 5.74) is 1.91. The fraction of sp³-hybridized carbons (Fsp3) is 0.553. The number of carbonyl (C=O) groups excluding carboxylic acids is 6. The number of amides is 6. The second kappa shape index (κ2) is 24.1. The monoisotopic (exact) mass is 902 g/mol. The molecule has 2 saturated heterocycles. The third-order valence-electron chi connectivity index (χ3n) is 12.0. The van der Waals surface area contributed by atoms with Crippen LogP contribution in [0, 0.1) is 5.92 Å². The van der Waals surface area contributed by atoms with Crippen molar-refractivity contribution >= 4 is 58.3 Å². The van der Waals surface area contributed by atoms with Gasteiger partial charge in [-0.15, -0.1) is 0 Å². The number of methoxy groups -OCH3 is 2. The molecule has 0 spiro atoms. The van der Waals surface area contributed by atoms with E-state index in [-0.39, 0.29) is 31.2 Å². The summed E-state index contributed by atoms with van der Waals surface area (Å²) < 4.78 is 11.8. The van der Waals surface area contributed by atoms with Gasteiger partial charge in [0, 0.05) is 57.3 Å². The second-order valence-corrected chi connectivity index (χ2v) is 17.2. The van der Waals surface area contributed by atoms with Gasteiger partial charge in [0.2, 0.25) is 23.6 Å². The summed E-state index contributed by atoms with van der Waals surface area (Å²) in [6.45, 7) is 8.52. The van der Waals surface area contributed by atoms with Gasteiger partial charge in [0.05, 0.1) is 31.8 Å². The molecule has 2 aliphatic heterocycles. The van der Waals surface area contributed by atoms with Gasteiger partial charge in [-0.1, -0.05) is 76.8 Å². The first-order valence-corrected chi connectivity index (χ1v) is 22.8. The fourth-order valence-corrected chi connectivity index (χ4v) is 8.39. The average Bonchev–Trinajstić information content (AvgIpc) is 3.44. The molecule has 2 aliphatic rings. The number of unbranched alkanes of at least 4 members (excludes halogenated alkanes) is 1. The Hall–Kier alpha value is -6.33. The van der Waals surface area contributed by atoms with Gasteiger partial charge in [0.1, 0.15) is 29.9 Å². The number of aliphatic carboxylic acids is 1. The van der Waals surface area contributed by atoms with E-state index < -0.39 is 66.3 Å². The van der Waals surface area contributed by atoms with Crippen LogP contribution in [-0.2, 0) is 35.1 Å². The zero-order chi connectivity index (χ0) is 47.0. The number of rotatable bonds is 19. The van der Waals surface area contributed by atoms with E-state index in [1.54, 1.807) is 41.2 Å². The minimum absolute atomic E-state index is 0.0142. The Bertz CT molecular complexity index is 2130. The molecule has 5 rings (SSSR count). The number of nitrogens with zero attached hydrogens (tertiary/aromatic N) is 4. The Morgan fingerprint density at radius 1 is 0.708 bits per heavy atom. The summed E-state index contributed by atoms with van der Waals surface area (Å²) in [6, 6.07) is 9.04. The third kappa shape index (κ3) is 13.6. The molecule has 0 unspecified atom stereocenters. The van der Waals surface area contributed by atoms with Gasteiger partial charge < -0.3 is 50.5 Å². The Kier molecular flexibility index (Phi) is 18.4. The van der Waals surface area contributed by atoms with Crippen LogP contribution in [0.4, 0.5) is 15.3 Å². The highest BCUT2D eigenvalue weighted by molar-refractivity contribution is 5.97. The fourth-order valence-electron chi connectivity index (χ4n) is 8.39. The van der Waals surface area contributed by atoms with Crippen LogP contribution in [0.15, 0.2) is 54.7 Å². The van der Waals surface area contributed by atoms with E-state index in [2.05, 4.69) is 26.2 Å². The highest BCUT2D eigenvalue weighted by atomic mass is 16.5. The first-order chi connectivity index (χ1) is 31.2. The van der Waals surface area contributed by atoms with Gasteiger partial charge in [-0.25, -0.2) is 14.4 Å². The molecule has 2 fully saturated rings. The number of piperazine rings is 1. The molecule has 3 heterocycles. The minimum Gasteiger partial charge on any atom is -0.495 e. The zero-order valence-corrected chi connectivity index (χ0v) is 38.3. The molecule has 3 aromatic rings. The maximum atomic E-state index is 14.5. The number of urea groups is 1. The average molecular weight is 903 g/mol. The highest BCUT2D eigenvalue weighted by Crippen LogP contribution is 2.29. The van der Waals surface area contributed by atoms with Crippen molar-refractivity contribution in [3.05, 3.63) is 60.3 Å². The number of hydrogen-bond donors (Lipinski definition) is 5. The number of carboxylic acids is 1. The molecule has 0 aliphatic carbocycles. The number of aromatic nitrogens is 1. The number of hydrogen-bond acceptors (Lipinski definition) is 10. The lowest BCUT2D eigenvalue weighted by molar-refractivity contribution is -0.145. The normalized spacial score (nSPS) is 16.1. The molecule has 65 heavy (non-hydrogen) atoms. The molecule has 1 aromatic heterocycles. The Morgan fingerprint density at radius 2 is 1.32 bits per heavy atom. The lowest BCUT2D eigenvalue weighted by atomic mass is 10.00. The molecule has 0 bridgehead atoms. The molecule has 18 nitrogen and oxygen atoms in total. The number of fused-ring (bicyclic) bond motifs is 1. The topological polar surface area (TPSA) is 221 Å². The number of anilines is 1. The Labute approximate surface area is 380 Å². The Morgan fingerprint density at radius 3 is 1.97 bits per heavy atom. The van der Waals surface area contributed by atoms with Gasteiger partial charge in [0.25, 0.3) is 0 Å². The molecule has 6 amide bonds. The SMILES string of the molecule is CCCC[C@@H](NC(=O)[C@@H](Cc1cn(C(=O)OC)c2ccccc12)NC(=O)[C@H](CC(C)C)NC(=O)N1CCCCCC1)C(=O)N[C@H](CC(=O)N1CCN(c2ccccc2OC)CC1)C(=O)O. The summed E-state index contributed by atoms with van der Waals surface area (Å²) in [5, 5.41) is 21.9. The smallest absolute Gasteiger partial charge is 0.418 e. The maximum Gasteiger partial charge on any atom is 0.418 e. The number of likely N-dealkylation sites (tertiary alicyclic amines) is 1. The first kappa shape index (κ1) is 49.7. The Balaban J connectivity index is 1.35. The summed E-state index contributed by atoms with van der Waals surface area (Å²) in [4.78, 5) is 101. The number of para-hydroxylation sites is 3. The van der Waals surface area contributed by atoms with Crippen LogP contribution in [0.3, 0.4) is 0 Å². The van der Waals surface area contributed by atoms with E-state index in [1.165, 1.54) is 17.9 Å². The van der Waals surface area contributed by atoms with Crippen molar-refractivity contribution in [2.45, 2.75) is 109 Å². The summed E-state index contributed by atoms with van der Waals surface area (Å²) in [7, 11) is 2.84. The molecule has 0 saturated carbocycles. The molecular formula is C47H66N8O10. The van der Waals surface area contributed by atoms with Crippen LogP contribution in [0.5, 0.6) is 5.75 Å². The molecule has 4 atom stereocenters. The number of ether oxygens (including phenoxy) is 2. The zero-order valence-electron chi connectivity index (χ0n) is 38.3. The summed E-state index contributed by atoms with van der Waals surface area (Å²) in [5.74, 6) is -3.33. The van der Waals surface area contributed by atoms with Gasteiger partial charge in [0.15, 0.2) is 0 Å². The molecule has 18 heteroatoms. The van der Waals surface area contributed by atoms with Crippen LogP contribution in [0.1, 0.15) is 84.1 Å². The lowest BCUT2D eigenvalue weighted by Crippen LogP contribution is -2.59. The van der Waals surface area contributed by atoms with E-state index >= 15 is 0 Å². The molecule has 5 N–H and O–H groups in total. The molecule has 0 radical (unpaired) electrons. The van der Waals surface area contributed by atoms with Crippen molar-refractivity contribution in [3.8, 4) is 5.75 Å². The summed E-state index contributed by atoms with van der Waals surface area (Å²) >= 11 is 0. The quantitative estimate of drug-likeness (QED) is 0.114. The molecule has 2 aromatic carbocycles. The standard InChI is InChI=1S/C47H66N8O10/c1-6-7-17-34(42(57)50-37(45(60)61)29-41(56)53-25-23-52(24-26-53)39-19-12-13-20-40(39)64-4)48-44(59)36(28-32-30-55(47(63)65-5)38-18-11-10-16-33(32)38)49-43(58)35(27-31(2)3)51-46(62)54-21-14-8-9-15-22-54/h10-13,16,18-20,30-31,34-37H,6-9,14-15,17,21-29H2,1-5H3,(H,48,59)(H,49,58)(H,50,57)(H,51,62)(H,60,61)/t34-,35+,36-,37-/m1/s1. The number of nitrogens with one attached hydrogen (secondary N) is 4.